The molecule has 0 radical (unpaired) electrons. The first-order chi connectivity index (χ1) is 8.68. The Hall–Kier alpha value is -2.49. The molecule has 2 aromatic rings. The molecule has 88 valence electrons. The van der Waals surface area contributed by atoms with Crippen LogP contribution in [0.15, 0.2) is 48.2 Å². The van der Waals surface area contributed by atoms with Gasteiger partial charge in [0.1, 0.15) is 0 Å². The van der Waals surface area contributed by atoms with Crippen LogP contribution in [0.3, 0.4) is 0 Å². The predicted octanol–water partition coefficient (Wildman–Crippen LogP) is 2.05. The van der Waals surface area contributed by atoms with Crippen LogP contribution in [0.5, 0.6) is 0 Å². The number of pyridine rings is 1. The highest BCUT2D eigenvalue weighted by atomic mass is 16.2. The molecule has 0 bridgehead atoms. The van der Waals surface area contributed by atoms with Crippen molar-refractivity contribution in [2.45, 2.75) is 6.92 Å². The molecule has 0 spiro atoms. The highest BCUT2D eigenvalue weighted by Crippen LogP contribution is 2.28. The van der Waals surface area contributed by atoms with E-state index >= 15 is 0 Å². The Kier molecular flexibility index (Phi) is 2.23. The van der Waals surface area contributed by atoms with Gasteiger partial charge in [-0.3, -0.25) is 14.6 Å². The predicted molar refractivity (Wildman–Crippen MR) is 68.0 cm³/mol. The summed E-state index contributed by atoms with van der Waals surface area (Å²) in [6, 6.07) is 9.17. The molecule has 0 atom stereocenters. The van der Waals surface area contributed by atoms with Crippen molar-refractivity contribution in [2.24, 2.45) is 0 Å². The van der Waals surface area contributed by atoms with E-state index < -0.39 is 0 Å². The van der Waals surface area contributed by atoms with Gasteiger partial charge in [0.15, 0.2) is 0 Å². The maximum Gasteiger partial charge on any atom is 0.261 e. The van der Waals surface area contributed by atoms with Crippen molar-refractivity contribution < 1.29 is 9.59 Å². The number of fused-ring (bicyclic) bond motifs is 1. The van der Waals surface area contributed by atoms with Gasteiger partial charge in [0, 0.05) is 23.2 Å². The zero-order valence-corrected chi connectivity index (χ0v) is 9.75. The molecule has 2 amide bonds. The van der Waals surface area contributed by atoms with Crippen molar-refractivity contribution >= 4 is 28.4 Å². The summed E-state index contributed by atoms with van der Waals surface area (Å²) in [5.74, 6) is -0.589. The molecular weight excluding hydrogens is 228 g/mol. The zero-order chi connectivity index (χ0) is 12.7. The number of amides is 2. The van der Waals surface area contributed by atoms with E-state index in [1.165, 1.54) is 11.0 Å². The second kappa shape index (κ2) is 3.77. The molecule has 18 heavy (non-hydrogen) atoms. The Morgan fingerprint density at radius 2 is 1.89 bits per heavy atom. The van der Waals surface area contributed by atoms with Crippen molar-refractivity contribution in [1.29, 1.82) is 0 Å². The lowest BCUT2D eigenvalue weighted by Crippen LogP contribution is -2.30. The fourth-order valence-corrected chi connectivity index (χ4v) is 2.08. The summed E-state index contributed by atoms with van der Waals surface area (Å²) < 4.78 is 0. The van der Waals surface area contributed by atoms with E-state index in [4.69, 9.17) is 0 Å². The molecule has 0 aliphatic carbocycles. The molecule has 1 aromatic carbocycles. The van der Waals surface area contributed by atoms with Crippen LogP contribution < -0.4 is 4.90 Å². The average Bonchev–Trinajstić information content (AvgIpc) is 2.63. The fourth-order valence-electron chi connectivity index (χ4n) is 2.08. The van der Waals surface area contributed by atoms with Gasteiger partial charge >= 0.3 is 0 Å². The molecule has 1 aliphatic rings. The van der Waals surface area contributed by atoms with Crippen LogP contribution in [0.2, 0.25) is 0 Å². The Bertz CT molecular complexity index is 699. The molecule has 0 fully saturated rings. The van der Waals surface area contributed by atoms with Crippen molar-refractivity contribution in [3.8, 4) is 0 Å². The van der Waals surface area contributed by atoms with Crippen LogP contribution in [-0.2, 0) is 9.59 Å². The number of imide groups is 1. The van der Waals surface area contributed by atoms with Crippen LogP contribution in [0.4, 0.5) is 5.69 Å². The number of hydrogen-bond donors (Lipinski definition) is 0. The smallest absolute Gasteiger partial charge is 0.261 e. The van der Waals surface area contributed by atoms with Crippen LogP contribution in [-0.4, -0.2) is 16.8 Å². The lowest BCUT2D eigenvalue weighted by molar-refractivity contribution is -0.120. The normalized spacial score (nSPS) is 15.4. The quantitative estimate of drug-likeness (QED) is 0.714. The number of aromatic nitrogens is 1. The molecule has 4 nitrogen and oxygen atoms in total. The van der Waals surface area contributed by atoms with E-state index in [1.54, 1.807) is 19.2 Å². The Morgan fingerprint density at radius 3 is 2.61 bits per heavy atom. The largest absolute Gasteiger partial charge is 0.269 e. The van der Waals surface area contributed by atoms with E-state index in [9.17, 15) is 9.59 Å². The molecule has 2 heterocycles. The molecule has 0 N–H and O–H groups in total. The first-order valence-corrected chi connectivity index (χ1v) is 5.59. The van der Waals surface area contributed by atoms with Gasteiger partial charge in [0.2, 0.25) is 0 Å². The van der Waals surface area contributed by atoms with Gasteiger partial charge < -0.3 is 0 Å². The summed E-state index contributed by atoms with van der Waals surface area (Å²) in [5, 5.41) is 0.903. The standard InChI is InChI=1S/C14H10N2O2/c1-9-8-12(17)16(14(9)18)11-6-2-4-10-5-3-7-15-13(10)11/h2-8H,1H3. The maximum absolute atomic E-state index is 12.0. The fraction of sp³-hybridized carbons (Fsp3) is 0.0714. The number of benzene rings is 1. The van der Waals surface area contributed by atoms with Gasteiger partial charge in [-0.25, -0.2) is 4.90 Å². The molecule has 0 saturated heterocycles. The van der Waals surface area contributed by atoms with E-state index in [-0.39, 0.29) is 11.8 Å². The number of rotatable bonds is 1. The van der Waals surface area contributed by atoms with Crippen molar-refractivity contribution in [1.82, 2.24) is 4.98 Å². The SMILES string of the molecule is CC1=CC(=O)N(c2cccc3cccnc23)C1=O. The number of carbonyl (C=O) groups excluding carboxylic acids is 2. The highest BCUT2D eigenvalue weighted by Gasteiger charge is 2.30. The van der Waals surface area contributed by atoms with Crippen molar-refractivity contribution in [2.75, 3.05) is 4.90 Å². The third-order valence-corrected chi connectivity index (χ3v) is 2.95. The summed E-state index contributed by atoms with van der Waals surface area (Å²) in [6.45, 7) is 1.64. The lowest BCUT2D eigenvalue weighted by atomic mass is 10.1. The first kappa shape index (κ1) is 10.7. The number of nitrogens with zero attached hydrogens (tertiary/aromatic N) is 2. The summed E-state index contributed by atoms with van der Waals surface area (Å²) >= 11 is 0. The van der Waals surface area contributed by atoms with Gasteiger partial charge in [-0.1, -0.05) is 18.2 Å². The minimum atomic E-state index is -0.310. The Labute approximate surface area is 104 Å². The second-order valence-electron chi connectivity index (χ2n) is 4.16. The topological polar surface area (TPSA) is 50.3 Å². The van der Waals surface area contributed by atoms with Gasteiger partial charge in [-0.05, 0) is 19.1 Å². The lowest BCUT2D eigenvalue weighted by Gasteiger charge is -2.16. The van der Waals surface area contributed by atoms with Crippen molar-refractivity contribution in [3.05, 3.63) is 48.2 Å². The first-order valence-electron chi connectivity index (χ1n) is 5.59. The second-order valence-corrected chi connectivity index (χ2v) is 4.16. The summed E-state index contributed by atoms with van der Waals surface area (Å²) in [6.07, 6.45) is 3.00. The van der Waals surface area contributed by atoms with Gasteiger partial charge in [0.05, 0.1) is 11.2 Å². The molecule has 4 heteroatoms. The molecule has 0 unspecified atom stereocenters. The highest BCUT2D eigenvalue weighted by molar-refractivity contribution is 6.31. The molecular formula is C14H10N2O2. The molecule has 0 saturated carbocycles. The monoisotopic (exact) mass is 238 g/mol. The Balaban J connectivity index is 2.22. The number of hydrogen-bond acceptors (Lipinski definition) is 3. The molecule has 1 aliphatic heterocycles. The van der Waals surface area contributed by atoms with Crippen molar-refractivity contribution in [3.63, 3.8) is 0 Å². The average molecular weight is 238 g/mol. The van der Waals surface area contributed by atoms with Crippen LogP contribution in [0.25, 0.3) is 10.9 Å². The van der Waals surface area contributed by atoms with Gasteiger partial charge in [0.25, 0.3) is 11.8 Å². The van der Waals surface area contributed by atoms with Gasteiger partial charge in [-0.2, -0.15) is 0 Å². The van der Waals surface area contributed by atoms with Crippen LogP contribution >= 0.6 is 0 Å². The maximum atomic E-state index is 12.0. The number of anilines is 1. The molecule has 3 rings (SSSR count). The summed E-state index contributed by atoms with van der Waals surface area (Å²) in [7, 11) is 0. The van der Waals surface area contributed by atoms with E-state index in [2.05, 4.69) is 4.98 Å². The van der Waals surface area contributed by atoms with Crippen LogP contribution in [0.1, 0.15) is 6.92 Å². The zero-order valence-electron chi connectivity index (χ0n) is 9.75. The summed E-state index contributed by atoms with van der Waals surface area (Å²) in [5.41, 5.74) is 1.65. The van der Waals surface area contributed by atoms with Gasteiger partial charge in [-0.15, -0.1) is 0 Å². The third-order valence-electron chi connectivity index (χ3n) is 2.95. The van der Waals surface area contributed by atoms with E-state index in [0.29, 0.717) is 16.8 Å². The number of carbonyl (C=O) groups is 2. The van der Waals surface area contributed by atoms with E-state index in [0.717, 1.165) is 5.39 Å². The molecule has 1 aromatic heterocycles. The van der Waals surface area contributed by atoms with E-state index in [1.807, 2.05) is 24.3 Å². The minimum Gasteiger partial charge on any atom is -0.269 e. The Morgan fingerprint density at radius 1 is 1.11 bits per heavy atom. The number of para-hydroxylation sites is 1. The van der Waals surface area contributed by atoms with Crippen LogP contribution in [0, 0.1) is 0 Å². The summed E-state index contributed by atoms with van der Waals surface area (Å²) in [4.78, 5) is 29.2. The third kappa shape index (κ3) is 1.43. The minimum absolute atomic E-state index is 0.279.